The van der Waals surface area contributed by atoms with Gasteiger partial charge in [-0.1, -0.05) is 29.3 Å². The summed E-state index contributed by atoms with van der Waals surface area (Å²) in [6.07, 6.45) is 0. The number of nitrogens with zero attached hydrogens (tertiary/aromatic N) is 1. The molecule has 0 spiro atoms. The summed E-state index contributed by atoms with van der Waals surface area (Å²) in [5.74, 6) is 0. The Morgan fingerprint density at radius 1 is 1.05 bits per heavy atom. The van der Waals surface area contributed by atoms with E-state index < -0.39 is 14.9 Å². The zero-order chi connectivity index (χ0) is 15.6. The average Bonchev–Trinajstić information content (AvgIpc) is 2.37. The predicted molar refractivity (Wildman–Crippen MR) is 80.4 cm³/mol. The lowest BCUT2D eigenvalue weighted by atomic mass is 10.3. The molecule has 2 aromatic rings. The van der Waals surface area contributed by atoms with E-state index in [4.69, 9.17) is 23.2 Å². The van der Waals surface area contributed by atoms with Crippen LogP contribution in [-0.4, -0.2) is 13.3 Å². The fourth-order valence-corrected chi connectivity index (χ4v) is 3.20. The number of nitrogens with one attached hydrogen (secondary N) is 1. The number of hydrogen-bond donors (Lipinski definition) is 1. The third-order valence-electron chi connectivity index (χ3n) is 2.45. The molecule has 2 aromatic carbocycles. The monoisotopic (exact) mass is 346 g/mol. The molecular formula is C12H8Cl2N2O4S. The molecule has 0 aliphatic rings. The van der Waals surface area contributed by atoms with Crippen molar-refractivity contribution in [1.29, 1.82) is 0 Å². The van der Waals surface area contributed by atoms with Crippen LogP contribution in [0, 0.1) is 10.1 Å². The molecule has 110 valence electrons. The van der Waals surface area contributed by atoms with Gasteiger partial charge in [0.25, 0.3) is 15.7 Å². The minimum atomic E-state index is -3.97. The maximum Gasteiger partial charge on any atom is 0.270 e. The lowest BCUT2D eigenvalue weighted by Crippen LogP contribution is -2.13. The summed E-state index contributed by atoms with van der Waals surface area (Å²) in [7, 11) is -3.97. The third kappa shape index (κ3) is 3.84. The second-order valence-corrected chi connectivity index (χ2v) is 6.57. The lowest BCUT2D eigenvalue weighted by Gasteiger charge is -2.08. The highest BCUT2D eigenvalue weighted by Gasteiger charge is 2.18. The zero-order valence-electron chi connectivity index (χ0n) is 10.3. The maximum atomic E-state index is 12.2. The van der Waals surface area contributed by atoms with E-state index in [-0.39, 0.29) is 26.3 Å². The van der Waals surface area contributed by atoms with Gasteiger partial charge in [0, 0.05) is 22.2 Å². The van der Waals surface area contributed by atoms with E-state index in [1.54, 1.807) is 0 Å². The van der Waals surface area contributed by atoms with Crippen LogP contribution in [0.2, 0.25) is 10.0 Å². The number of sulfonamides is 1. The summed E-state index contributed by atoms with van der Waals surface area (Å²) >= 11 is 11.6. The molecule has 0 heterocycles. The highest BCUT2D eigenvalue weighted by molar-refractivity contribution is 7.92. The first kappa shape index (κ1) is 15.6. The normalized spacial score (nSPS) is 11.1. The number of non-ortho nitro benzene ring substituents is 1. The van der Waals surface area contributed by atoms with Crippen molar-refractivity contribution in [3.63, 3.8) is 0 Å². The fourth-order valence-electron chi connectivity index (χ4n) is 1.59. The van der Waals surface area contributed by atoms with Crippen LogP contribution in [0.4, 0.5) is 11.4 Å². The molecule has 0 aliphatic heterocycles. The van der Waals surface area contributed by atoms with Gasteiger partial charge in [0.2, 0.25) is 0 Å². The van der Waals surface area contributed by atoms with Gasteiger partial charge in [0.1, 0.15) is 0 Å². The first-order valence-corrected chi connectivity index (χ1v) is 7.75. The zero-order valence-corrected chi connectivity index (χ0v) is 12.6. The first-order chi connectivity index (χ1) is 9.78. The van der Waals surface area contributed by atoms with Crippen molar-refractivity contribution in [3.8, 4) is 0 Å². The SMILES string of the molecule is O=[N+]([O-])c1cccc(S(=O)(=O)Nc2cc(Cl)cc(Cl)c2)c1. The van der Waals surface area contributed by atoms with Crippen molar-refractivity contribution in [2.75, 3.05) is 4.72 Å². The first-order valence-electron chi connectivity index (χ1n) is 5.51. The molecule has 0 aliphatic carbocycles. The Morgan fingerprint density at radius 3 is 2.24 bits per heavy atom. The molecule has 9 heteroatoms. The summed E-state index contributed by atoms with van der Waals surface area (Å²) in [5.41, 5.74) is -0.152. The van der Waals surface area contributed by atoms with E-state index in [1.807, 2.05) is 0 Å². The van der Waals surface area contributed by atoms with Gasteiger partial charge in [-0.25, -0.2) is 8.42 Å². The molecule has 0 radical (unpaired) electrons. The molecule has 21 heavy (non-hydrogen) atoms. The summed E-state index contributed by atoms with van der Waals surface area (Å²) < 4.78 is 26.6. The van der Waals surface area contributed by atoms with Crippen LogP contribution in [-0.2, 0) is 10.0 Å². The van der Waals surface area contributed by atoms with Gasteiger partial charge in [-0.3, -0.25) is 14.8 Å². The molecule has 0 aromatic heterocycles. The van der Waals surface area contributed by atoms with Crippen LogP contribution in [0.25, 0.3) is 0 Å². The molecule has 6 nitrogen and oxygen atoms in total. The second-order valence-electron chi connectivity index (χ2n) is 4.02. The Hall–Kier alpha value is -1.83. The molecule has 0 atom stereocenters. The molecule has 0 saturated heterocycles. The summed E-state index contributed by atoms with van der Waals surface area (Å²) in [6, 6.07) is 8.92. The molecule has 0 saturated carbocycles. The van der Waals surface area contributed by atoms with Crippen LogP contribution < -0.4 is 4.72 Å². The lowest BCUT2D eigenvalue weighted by molar-refractivity contribution is -0.385. The molecule has 0 unspecified atom stereocenters. The molecule has 0 amide bonds. The van der Waals surface area contributed by atoms with Crippen molar-refractivity contribution in [2.45, 2.75) is 4.90 Å². The molecule has 2 rings (SSSR count). The second kappa shape index (κ2) is 5.88. The van der Waals surface area contributed by atoms with Gasteiger partial charge >= 0.3 is 0 Å². The van der Waals surface area contributed by atoms with E-state index in [2.05, 4.69) is 4.72 Å². The van der Waals surface area contributed by atoms with E-state index in [1.165, 1.54) is 36.4 Å². The van der Waals surface area contributed by atoms with Crippen molar-refractivity contribution in [3.05, 3.63) is 62.6 Å². The number of benzene rings is 2. The Morgan fingerprint density at radius 2 is 1.67 bits per heavy atom. The molecule has 1 N–H and O–H groups in total. The largest absolute Gasteiger partial charge is 0.280 e. The highest BCUT2D eigenvalue weighted by atomic mass is 35.5. The van der Waals surface area contributed by atoms with Gasteiger partial charge in [0.15, 0.2) is 0 Å². The van der Waals surface area contributed by atoms with Gasteiger partial charge < -0.3 is 0 Å². The summed E-state index contributed by atoms with van der Waals surface area (Å²) in [6.45, 7) is 0. The van der Waals surface area contributed by atoms with E-state index >= 15 is 0 Å². The Labute approximate surface area is 130 Å². The number of halogens is 2. The van der Waals surface area contributed by atoms with Gasteiger partial charge in [-0.05, 0) is 24.3 Å². The maximum absolute atomic E-state index is 12.2. The van der Waals surface area contributed by atoms with Crippen LogP contribution in [0.15, 0.2) is 47.4 Å². The van der Waals surface area contributed by atoms with Gasteiger partial charge in [0.05, 0.1) is 15.5 Å². The quantitative estimate of drug-likeness (QED) is 0.674. The molecular weight excluding hydrogens is 339 g/mol. The van der Waals surface area contributed by atoms with Gasteiger partial charge in [-0.2, -0.15) is 0 Å². The third-order valence-corrected chi connectivity index (χ3v) is 4.27. The smallest absolute Gasteiger partial charge is 0.270 e. The predicted octanol–water partition coefficient (Wildman–Crippen LogP) is 3.70. The number of nitro benzene ring substituents is 1. The topological polar surface area (TPSA) is 89.3 Å². The van der Waals surface area contributed by atoms with E-state index in [0.717, 1.165) is 6.07 Å². The van der Waals surface area contributed by atoms with E-state index in [0.29, 0.717) is 0 Å². The Bertz CT molecular complexity index is 788. The van der Waals surface area contributed by atoms with Crippen LogP contribution in [0.3, 0.4) is 0 Å². The van der Waals surface area contributed by atoms with Crippen molar-refractivity contribution < 1.29 is 13.3 Å². The minimum absolute atomic E-state index is 0.166. The number of anilines is 1. The van der Waals surface area contributed by atoms with Crippen LogP contribution >= 0.6 is 23.2 Å². The Kier molecular flexibility index (Phi) is 4.36. The van der Waals surface area contributed by atoms with Crippen molar-refractivity contribution in [1.82, 2.24) is 0 Å². The van der Waals surface area contributed by atoms with Gasteiger partial charge in [-0.15, -0.1) is 0 Å². The molecule has 0 bridgehead atoms. The number of nitro groups is 1. The molecule has 0 fully saturated rings. The summed E-state index contributed by atoms with van der Waals surface area (Å²) in [4.78, 5) is 9.78. The summed E-state index contributed by atoms with van der Waals surface area (Å²) in [5, 5.41) is 11.2. The minimum Gasteiger partial charge on any atom is -0.280 e. The van der Waals surface area contributed by atoms with Crippen LogP contribution in [0.1, 0.15) is 0 Å². The van der Waals surface area contributed by atoms with Crippen LogP contribution in [0.5, 0.6) is 0 Å². The highest BCUT2D eigenvalue weighted by Crippen LogP contribution is 2.25. The average molecular weight is 347 g/mol. The number of rotatable bonds is 4. The fraction of sp³-hybridized carbons (Fsp3) is 0. The van der Waals surface area contributed by atoms with Crippen molar-refractivity contribution >= 4 is 44.6 Å². The van der Waals surface area contributed by atoms with Crippen molar-refractivity contribution in [2.24, 2.45) is 0 Å². The van der Waals surface area contributed by atoms with E-state index in [9.17, 15) is 18.5 Å². The Balaban J connectivity index is 2.38. The number of hydrogen-bond acceptors (Lipinski definition) is 4. The standard InChI is InChI=1S/C12H8Cl2N2O4S/c13-8-4-9(14)6-10(5-8)15-21(19,20)12-3-1-2-11(7-12)16(17)18/h1-7,15H.